The number of nitrogens with zero attached hydrogens (tertiary/aromatic N) is 2. The summed E-state index contributed by atoms with van der Waals surface area (Å²) in [4.78, 5) is 19.5. The van der Waals surface area contributed by atoms with Gasteiger partial charge in [-0.15, -0.1) is 0 Å². The summed E-state index contributed by atoms with van der Waals surface area (Å²) in [6, 6.07) is 16.7. The Labute approximate surface area is 212 Å². The molecule has 8 nitrogen and oxygen atoms in total. The third-order valence-corrected chi connectivity index (χ3v) is 7.41. The number of carbonyl (C=O) groups excluding carboxylic acids is 1. The number of ether oxygens (including phenoxy) is 1. The van der Waals surface area contributed by atoms with Crippen LogP contribution in [0.25, 0.3) is 17.2 Å². The Morgan fingerprint density at radius 1 is 1.08 bits per heavy atom. The van der Waals surface area contributed by atoms with Crippen LogP contribution in [-0.4, -0.2) is 50.2 Å². The molecular formula is C27H31N3O5S. The Morgan fingerprint density at radius 2 is 1.78 bits per heavy atom. The van der Waals surface area contributed by atoms with E-state index in [1.807, 2.05) is 26.2 Å². The smallest absolute Gasteiger partial charge is 0.267 e. The van der Waals surface area contributed by atoms with Crippen molar-refractivity contribution in [1.29, 1.82) is 0 Å². The first-order chi connectivity index (χ1) is 17.3. The van der Waals surface area contributed by atoms with Crippen LogP contribution in [0.15, 0.2) is 78.0 Å². The molecule has 1 unspecified atom stereocenters. The lowest BCUT2D eigenvalue weighted by molar-refractivity contribution is -0.198. The molecule has 1 saturated heterocycles. The minimum absolute atomic E-state index is 0.181. The van der Waals surface area contributed by atoms with Crippen molar-refractivity contribution in [3.05, 3.63) is 84.2 Å². The van der Waals surface area contributed by atoms with E-state index in [2.05, 4.69) is 22.5 Å². The predicted octanol–water partition coefficient (Wildman–Crippen LogP) is 4.04. The Hall–Kier alpha value is -3.24. The highest BCUT2D eigenvalue weighted by atomic mass is 32.2. The topological polar surface area (TPSA) is 89.9 Å². The van der Waals surface area contributed by atoms with Crippen molar-refractivity contribution in [2.24, 2.45) is 0 Å². The molecule has 0 saturated carbocycles. The molecule has 1 aliphatic rings. The second kappa shape index (κ2) is 11.7. The molecule has 1 N–H and O–H groups in total. The summed E-state index contributed by atoms with van der Waals surface area (Å²) in [5.74, 6) is -0.454. The highest BCUT2D eigenvalue weighted by molar-refractivity contribution is 7.90. The second-order valence-electron chi connectivity index (χ2n) is 8.95. The lowest BCUT2D eigenvalue weighted by Gasteiger charge is -2.21. The number of amides is 1. The molecule has 0 radical (unpaired) electrons. The average Bonchev–Trinajstić information content (AvgIpc) is 3.37. The van der Waals surface area contributed by atoms with Crippen molar-refractivity contribution in [2.45, 2.75) is 37.0 Å². The molecule has 4 rings (SSSR count). The Morgan fingerprint density at radius 3 is 2.42 bits per heavy atom. The van der Waals surface area contributed by atoms with Gasteiger partial charge >= 0.3 is 0 Å². The lowest BCUT2D eigenvalue weighted by Crippen LogP contribution is -2.32. The standard InChI is InChI=1S/C27H31N3O5S/c1-29(2)19-21-6-9-23(10-7-21)24-11-13-25(14-12-24)36(32,33)30-17-16-22(20-30)8-15-26(31)28-35-27-5-3-4-18-34-27/h6-17,20,27H,3-5,18-19H2,1-2H3,(H,28,31)/b15-8+. The second-order valence-corrected chi connectivity index (χ2v) is 10.8. The van der Waals surface area contributed by atoms with Crippen LogP contribution < -0.4 is 5.48 Å². The molecule has 2 heterocycles. The van der Waals surface area contributed by atoms with E-state index in [0.29, 0.717) is 12.2 Å². The summed E-state index contributed by atoms with van der Waals surface area (Å²) >= 11 is 0. The molecule has 2 aromatic carbocycles. The van der Waals surface area contributed by atoms with Gasteiger partial charge in [0.2, 0.25) is 0 Å². The predicted molar refractivity (Wildman–Crippen MR) is 138 cm³/mol. The van der Waals surface area contributed by atoms with Crippen LogP contribution >= 0.6 is 0 Å². The zero-order valence-corrected chi connectivity index (χ0v) is 21.3. The van der Waals surface area contributed by atoms with Gasteiger partial charge in [-0.3, -0.25) is 4.79 Å². The van der Waals surface area contributed by atoms with Crippen molar-refractivity contribution in [2.75, 3.05) is 20.7 Å². The van der Waals surface area contributed by atoms with Gasteiger partial charge in [0, 0.05) is 38.0 Å². The Kier molecular flexibility index (Phi) is 8.37. The molecule has 0 aliphatic carbocycles. The fourth-order valence-corrected chi connectivity index (χ4v) is 5.09. The first-order valence-corrected chi connectivity index (χ1v) is 13.3. The van der Waals surface area contributed by atoms with E-state index < -0.39 is 22.2 Å². The Balaban J connectivity index is 1.38. The van der Waals surface area contributed by atoms with Gasteiger partial charge in [-0.2, -0.15) is 0 Å². The van der Waals surface area contributed by atoms with Crippen LogP contribution in [0.1, 0.15) is 30.4 Å². The number of hydrogen-bond donors (Lipinski definition) is 1. The third kappa shape index (κ3) is 6.70. The summed E-state index contributed by atoms with van der Waals surface area (Å²) < 4.78 is 32.7. The van der Waals surface area contributed by atoms with E-state index >= 15 is 0 Å². The van der Waals surface area contributed by atoms with Gasteiger partial charge in [-0.1, -0.05) is 36.4 Å². The van der Waals surface area contributed by atoms with Crippen molar-refractivity contribution >= 4 is 22.0 Å². The lowest BCUT2D eigenvalue weighted by atomic mass is 10.0. The van der Waals surface area contributed by atoms with E-state index in [4.69, 9.17) is 9.57 Å². The molecule has 1 aromatic heterocycles. The highest BCUT2D eigenvalue weighted by Crippen LogP contribution is 2.24. The highest BCUT2D eigenvalue weighted by Gasteiger charge is 2.17. The molecule has 0 bridgehead atoms. The molecule has 1 fully saturated rings. The number of hydroxylamine groups is 1. The fourth-order valence-electron chi connectivity index (χ4n) is 3.88. The molecule has 3 aromatic rings. The fraction of sp³-hybridized carbons (Fsp3) is 0.296. The number of aromatic nitrogens is 1. The number of benzene rings is 2. The van der Waals surface area contributed by atoms with Gasteiger partial charge in [0.05, 0.1) is 4.90 Å². The van der Waals surface area contributed by atoms with Gasteiger partial charge in [0.25, 0.3) is 15.9 Å². The third-order valence-electron chi connectivity index (χ3n) is 5.76. The van der Waals surface area contributed by atoms with Gasteiger partial charge in [-0.05, 0) is 73.5 Å². The van der Waals surface area contributed by atoms with Crippen molar-refractivity contribution in [3.8, 4) is 11.1 Å². The Bertz CT molecular complexity index is 1290. The van der Waals surface area contributed by atoms with E-state index in [1.54, 1.807) is 30.3 Å². The SMILES string of the molecule is CN(C)Cc1ccc(-c2ccc(S(=O)(=O)n3ccc(/C=C/C(=O)NOC4CCCCO4)c3)cc2)cc1. The van der Waals surface area contributed by atoms with E-state index in [1.165, 1.54) is 30.1 Å². The van der Waals surface area contributed by atoms with Crippen LogP contribution in [0.4, 0.5) is 0 Å². The van der Waals surface area contributed by atoms with Crippen LogP contribution in [-0.2, 0) is 30.9 Å². The zero-order valence-electron chi connectivity index (χ0n) is 20.5. The van der Waals surface area contributed by atoms with Crippen LogP contribution in [0.3, 0.4) is 0 Å². The van der Waals surface area contributed by atoms with Crippen LogP contribution in [0.5, 0.6) is 0 Å². The summed E-state index contributed by atoms with van der Waals surface area (Å²) in [7, 11) is 0.285. The monoisotopic (exact) mass is 509 g/mol. The molecule has 190 valence electrons. The van der Waals surface area contributed by atoms with Gasteiger partial charge in [0.15, 0.2) is 6.29 Å². The van der Waals surface area contributed by atoms with Crippen molar-refractivity contribution in [1.82, 2.24) is 14.4 Å². The maximum absolute atomic E-state index is 13.1. The van der Waals surface area contributed by atoms with Gasteiger partial charge in [-0.25, -0.2) is 22.7 Å². The van der Waals surface area contributed by atoms with E-state index in [-0.39, 0.29) is 4.90 Å². The quantitative estimate of drug-likeness (QED) is 0.346. The van der Waals surface area contributed by atoms with Gasteiger partial charge < -0.3 is 9.64 Å². The summed E-state index contributed by atoms with van der Waals surface area (Å²) in [6.07, 6.45) is 8.00. The average molecular weight is 510 g/mol. The van der Waals surface area contributed by atoms with Crippen molar-refractivity contribution < 1.29 is 22.8 Å². The van der Waals surface area contributed by atoms with E-state index in [9.17, 15) is 13.2 Å². The minimum atomic E-state index is -3.77. The molecular weight excluding hydrogens is 478 g/mol. The molecule has 1 aliphatic heterocycles. The number of nitrogens with one attached hydrogen (secondary N) is 1. The van der Waals surface area contributed by atoms with Crippen LogP contribution in [0, 0.1) is 0 Å². The van der Waals surface area contributed by atoms with E-state index in [0.717, 1.165) is 40.9 Å². The molecule has 0 spiro atoms. The maximum atomic E-state index is 13.1. The van der Waals surface area contributed by atoms with Crippen molar-refractivity contribution in [3.63, 3.8) is 0 Å². The van der Waals surface area contributed by atoms with Crippen LogP contribution in [0.2, 0.25) is 0 Å². The zero-order chi connectivity index (χ0) is 25.5. The summed E-state index contributed by atoms with van der Waals surface area (Å²) in [6.45, 7) is 1.48. The molecule has 36 heavy (non-hydrogen) atoms. The first kappa shape index (κ1) is 25.8. The first-order valence-electron chi connectivity index (χ1n) is 11.8. The summed E-state index contributed by atoms with van der Waals surface area (Å²) in [5, 5.41) is 0. The normalized spacial score (nSPS) is 16.5. The molecule has 9 heteroatoms. The largest absolute Gasteiger partial charge is 0.350 e. The molecule has 1 amide bonds. The summed E-state index contributed by atoms with van der Waals surface area (Å²) in [5.41, 5.74) is 6.07. The number of carbonyl (C=O) groups is 1. The minimum Gasteiger partial charge on any atom is -0.350 e. The number of rotatable bonds is 9. The van der Waals surface area contributed by atoms with Gasteiger partial charge in [0.1, 0.15) is 0 Å². The maximum Gasteiger partial charge on any atom is 0.267 e. The number of hydrogen-bond acceptors (Lipinski definition) is 6. The molecule has 1 atom stereocenters.